The summed E-state index contributed by atoms with van der Waals surface area (Å²) in [5.74, 6) is 1.32. The summed E-state index contributed by atoms with van der Waals surface area (Å²) in [7, 11) is 0. The topological polar surface area (TPSA) is 66.8 Å². The number of ether oxygens (including phenoxy) is 1. The molecule has 1 spiro atoms. The van der Waals surface area contributed by atoms with Crippen molar-refractivity contribution in [2.24, 2.45) is 34.0 Å². The molecule has 2 N–H and O–H groups in total. The summed E-state index contributed by atoms with van der Waals surface area (Å²) in [6.45, 7) is 5.81. The Labute approximate surface area is 162 Å². The Hall–Kier alpha value is -0.870. The molecule has 150 valence electrons. The molecule has 1 unspecified atom stereocenters. The van der Waals surface area contributed by atoms with Crippen LogP contribution in [0.25, 0.3) is 0 Å². The van der Waals surface area contributed by atoms with Gasteiger partial charge in [-0.3, -0.25) is 4.79 Å². The summed E-state index contributed by atoms with van der Waals surface area (Å²) in [6.07, 6.45) is 10.0. The van der Waals surface area contributed by atoms with E-state index in [0.717, 1.165) is 44.9 Å². The van der Waals surface area contributed by atoms with E-state index in [1.807, 2.05) is 6.92 Å². The van der Waals surface area contributed by atoms with Crippen LogP contribution >= 0.6 is 0 Å². The van der Waals surface area contributed by atoms with E-state index >= 15 is 0 Å². The van der Waals surface area contributed by atoms with Gasteiger partial charge in [-0.15, -0.1) is 0 Å². The van der Waals surface area contributed by atoms with Crippen LogP contribution in [0.4, 0.5) is 0 Å². The number of esters is 1. The van der Waals surface area contributed by atoms with Crippen LogP contribution in [0.15, 0.2) is 11.6 Å². The highest BCUT2D eigenvalue weighted by molar-refractivity contribution is 5.66. The number of allylic oxidation sites excluding steroid dienone is 1. The van der Waals surface area contributed by atoms with Crippen molar-refractivity contribution < 1.29 is 19.7 Å². The number of carbonyl (C=O) groups excluding carboxylic acids is 1. The molecule has 0 heterocycles. The number of aliphatic hydroxyl groups is 2. The van der Waals surface area contributed by atoms with Gasteiger partial charge in [0.15, 0.2) is 0 Å². The Morgan fingerprint density at radius 2 is 2.11 bits per heavy atom. The van der Waals surface area contributed by atoms with E-state index in [-0.39, 0.29) is 40.5 Å². The van der Waals surface area contributed by atoms with Crippen molar-refractivity contribution in [3.8, 4) is 0 Å². The molecule has 5 aliphatic carbocycles. The Kier molecular flexibility index (Phi) is 3.77. The number of hydrogen-bond donors (Lipinski definition) is 2. The zero-order valence-corrected chi connectivity index (χ0v) is 16.9. The minimum Gasteiger partial charge on any atom is -0.462 e. The van der Waals surface area contributed by atoms with E-state index in [1.165, 1.54) is 18.9 Å². The normalized spacial score (nSPS) is 54.0. The second-order valence-corrected chi connectivity index (χ2v) is 10.6. The van der Waals surface area contributed by atoms with Crippen molar-refractivity contribution >= 4 is 5.97 Å². The van der Waals surface area contributed by atoms with Gasteiger partial charge >= 0.3 is 5.97 Å². The molecule has 4 saturated carbocycles. The lowest BCUT2D eigenvalue weighted by molar-refractivity contribution is -0.150. The number of fused-ring (bicyclic) bond motifs is 4. The van der Waals surface area contributed by atoms with Crippen molar-refractivity contribution in [2.45, 2.75) is 90.4 Å². The van der Waals surface area contributed by atoms with Gasteiger partial charge in [0.1, 0.15) is 6.10 Å². The van der Waals surface area contributed by atoms with Crippen LogP contribution in [0.5, 0.6) is 0 Å². The van der Waals surface area contributed by atoms with Crippen LogP contribution in [-0.4, -0.2) is 34.5 Å². The molecule has 0 amide bonds. The van der Waals surface area contributed by atoms with Crippen LogP contribution < -0.4 is 0 Å². The molecule has 4 nitrogen and oxygen atoms in total. The lowest BCUT2D eigenvalue weighted by Crippen LogP contribution is -2.54. The molecule has 0 aromatic rings. The SMILES string of the molecule is CC(=O)O[C@H]1CC[C@@]2(C)C(=CC[C@@H]3[C@@H]2[C@@H](O)C[C@]24C[C@@]2(C(C)O)CC[C@@H]34)C1. The van der Waals surface area contributed by atoms with Crippen molar-refractivity contribution in [3.05, 3.63) is 11.6 Å². The molecule has 4 fully saturated rings. The molecule has 5 rings (SSSR count). The maximum Gasteiger partial charge on any atom is 0.302 e. The van der Waals surface area contributed by atoms with E-state index < -0.39 is 0 Å². The second-order valence-electron chi connectivity index (χ2n) is 10.6. The lowest BCUT2D eigenvalue weighted by Gasteiger charge is -2.57. The fourth-order valence-corrected chi connectivity index (χ4v) is 8.63. The minimum atomic E-state index is -0.274. The molecule has 0 aliphatic heterocycles. The average molecular weight is 375 g/mol. The molecule has 0 bridgehead atoms. The largest absolute Gasteiger partial charge is 0.462 e. The van der Waals surface area contributed by atoms with E-state index in [4.69, 9.17) is 4.74 Å². The maximum atomic E-state index is 11.4. The Morgan fingerprint density at radius 3 is 2.78 bits per heavy atom. The van der Waals surface area contributed by atoms with Crippen LogP contribution in [0.2, 0.25) is 0 Å². The van der Waals surface area contributed by atoms with Gasteiger partial charge in [0, 0.05) is 18.8 Å². The van der Waals surface area contributed by atoms with Crippen LogP contribution in [0.1, 0.15) is 72.1 Å². The summed E-state index contributed by atoms with van der Waals surface area (Å²) in [6, 6.07) is 0. The monoisotopic (exact) mass is 374 g/mol. The van der Waals surface area contributed by atoms with Crippen molar-refractivity contribution in [1.82, 2.24) is 0 Å². The first-order valence-electron chi connectivity index (χ1n) is 11.0. The van der Waals surface area contributed by atoms with Gasteiger partial charge in [-0.25, -0.2) is 0 Å². The van der Waals surface area contributed by atoms with Gasteiger partial charge in [-0.1, -0.05) is 18.6 Å². The van der Waals surface area contributed by atoms with E-state index in [1.54, 1.807) is 0 Å². The van der Waals surface area contributed by atoms with Gasteiger partial charge in [0.2, 0.25) is 0 Å². The van der Waals surface area contributed by atoms with Crippen molar-refractivity contribution in [3.63, 3.8) is 0 Å². The first-order valence-corrected chi connectivity index (χ1v) is 11.0. The predicted molar refractivity (Wildman–Crippen MR) is 102 cm³/mol. The third kappa shape index (κ3) is 2.20. The zero-order chi connectivity index (χ0) is 19.2. The van der Waals surface area contributed by atoms with E-state index in [2.05, 4.69) is 13.0 Å². The van der Waals surface area contributed by atoms with Crippen LogP contribution in [-0.2, 0) is 9.53 Å². The molecule has 4 heteroatoms. The molecule has 0 aromatic heterocycles. The molecule has 0 aromatic carbocycles. The van der Waals surface area contributed by atoms with Gasteiger partial charge in [-0.2, -0.15) is 0 Å². The molecular weight excluding hydrogens is 340 g/mol. The Balaban J connectivity index is 1.45. The fraction of sp³-hybridized carbons (Fsp3) is 0.870. The number of hydrogen-bond acceptors (Lipinski definition) is 4. The highest BCUT2D eigenvalue weighted by atomic mass is 16.5. The van der Waals surface area contributed by atoms with Crippen molar-refractivity contribution in [1.29, 1.82) is 0 Å². The first kappa shape index (κ1) is 18.2. The van der Waals surface area contributed by atoms with Gasteiger partial charge in [-0.05, 0) is 80.5 Å². The van der Waals surface area contributed by atoms with Gasteiger partial charge in [0.05, 0.1) is 12.2 Å². The summed E-state index contributed by atoms with van der Waals surface area (Å²) in [4.78, 5) is 11.4. The fourth-order valence-electron chi connectivity index (χ4n) is 8.63. The highest BCUT2D eigenvalue weighted by Gasteiger charge is 2.79. The van der Waals surface area contributed by atoms with Crippen LogP contribution in [0, 0.1) is 34.0 Å². The number of aliphatic hydroxyl groups excluding tert-OH is 2. The molecule has 9 atom stereocenters. The Morgan fingerprint density at radius 1 is 1.33 bits per heavy atom. The molecule has 27 heavy (non-hydrogen) atoms. The molecular formula is C23H34O4. The molecule has 0 radical (unpaired) electrons. The first-order chi connectivity index (χ1) is 12.7. The zero-order valence-electron chi connectivity index (χ0n) is 16.9. The number of rotatable bonds is 2. The third-order valence-electron chi connectivity index (χ3n) is 9.75. The standard InChI is InChI=1S/C23H34O4/c1-13(24)22-9-7-18-17-5-4-15-10-16(27-14(2)25)6-8-21(15,3)20(17)19(26)11-23(18,22)12-22/h4,13,16-20,24,26H,5-12H2,1-3H3/t13?,16-,17-,18-,19-,20+,21-,22+,23+/m0/s1. The lowest BCUT2D eigenvalue weighted by atomic mass is 9.48. The van der Waals surface area contributed by atoms with Gasteiger partial charge in [0.25, 0.3) is 0 Å². The Bertz CT molecular complexity index is 698. The second kappa shape index (κ2) is 5.60. The maximum absolute atomic E-state index is 11.4. The minimum absolute atomic E-state index is 0.00301. The van der Waals surface area contributed by atoms with Crippen LogP contribution in [0.3, 0.4) is 0 Å². The van der Waals surface area contributed by atoms with E-state index in [0.29, 0.717) is 17.8 Å². The van der Waals surface area contributed by atoms with Gasteiger partial charge < -0.3 is 14.9 Å². The summed E-state index contributed by atoms with van der Waals surface area (Å²) in [5, 5.41) is 21.8. The van der Waals surface area contributed by atoms with E-state index in [9.17, 15) is 15.0 Å². The van der Waals surface area contributed by atoms with Crippen molar-refractivity contribution in [2.75, 3.05) is 0 Å². The smallest absolute Gasteiger partial charge is 0.302 e. The summed E-state index contributed by atoms with van der Waals surface area (Å²) in [5.41, 5.74) is 1.72. The quantitative estimate of drug-likeness (QED) is 0.572. The molecule has 0 saturated heterocycles. The molecule has 5 aliphatic rings. The highest BCUT2D eigenvalue weighted by Crippen LogP contribution is 2.83. The summed E-state index contributed by atoms with van der Waals surface area (Å²) < 4.78 is 5.51. The predicted octanol–water partition coefficient (Wildman–Crippen LogP) is 3.60. The average Bonchev–Trinajstić information content (AvgIpc) is 3.11. The third-order valence-corrected chi connectivity index (χ3v) is 9.75. The summed E-state index contributed by atoms with van der Waals surface area (Å²) >= 11 is 0. The number of carbonyl (C=O) groups is 1.